The van der Waals surface area contributed by atoms with Crippen LogP contribution in [0.1, 0.15) is 21.9 Å². The first-order chi connectivity index (χ1) is 16.1. The Hall–Kier alpha value is -3.62. The van der Waals surface area contributed by atoms with E-state index in [-0.39, 0.29) is 12.6 Å². The number of nitrogens with one attached hydrogen (secondary N) is 1. The quantitative estimate of drug-likeness (QED) is 0.417. The fourth-order valence-electron chi connectivity index (χ4n) is 4.58. The molecule has 3 aromatic heterocycles. The highest BCUT2D eigenvalue weighted by Crippen LogP contribution is 2.32. The summed E-state index contributed by atoms with van der Waals surface area (Å²) in [6.07, 6.45) is 0. The van der Waals surface area contributed by atoms with Gasteiger partial charge in [-0.05, 0) is 59.8 Å². The number of rotatable bonds is 3. The molecule has 0 saturated heterocycles. The number of benzene rings is 2. The third-order valence-electron chi connectivity index (χ3n) is 6.19. The summed E-state index contributed by atoms with van der Waals surface area (Å²) >= 11 is 1.62. The summed E-state index contributed by atoms with van der Waals surface area (Å²) in [5.41, 5.74) is 12.7. The molecule has 0 fully saturated rings. The largest absolute Gasteiger partial charge is 0.491 e. The van der Waals surface area contributed by atoms with Crippen molar-refractivity contribution in [1.29, 1.82) is 0 Å². The van der Waals surface area contributed by atoms with Gasteiger partial charge in [-0.2, -0.15) is 0 Å². The van der Waals surface area contributed by atoms with Crippen molar-refractivity contribution in [3.8, 4) is 16.9 Å². The highest BCUT2D eigenvalue weighted by Gasteiger charge is 2.25. The first kappa shape index (κ1) is 20.0. The molecule has 0 radical (unpaired) electrons. The number of amides is 1. The molecule has 0 unspecified atom stereocenters. The van der Waals surface area contributed by atoms with Crippen LogP contribution in [0.5, 0.6) is 5.75 Å². The number of hydrogen-bond acceptors (Lipinski definition) is 5. The van der Waals surface area contributed by atoms with Crippen molar-refractivity contribution in [2.24, 2.45) is 5.73 Å². The van der Waals surface area contributed by atoms with E-state index in [4.69, 9.17) is 10.5 Å². The Morgan fingerprint density at radius 2 is 2.03 bits per heavy atom. The van der Waals surface area contributed by atoms with Gasteiger partial charge < -0.3 is 24.9 Å². The number of imidazole rings is 1. The maximum Gasteiger partial charge on any atom is 0.271 e. The van der Waals surface area contributed by atoms with Crippen molar-refractivity contribution in [3.63, 3.8) is 0 Å². The summed E-state index contributed by atoms with van der Waals surface area (Å²) < 4.78 is 8.95. The van der Waals surface area contributed by atoms with E-state index >= 15 is 0 Å². The molecule has 7 nitrogen and oxygen atoms in total. The van der Waals surface area contributed by atoms with Crippen LogP contribution in [0.2, 0.25) is 0 Å². The molecule has 0 saturated carbocycles. The molecule has 5 aromatic rings. The molecular formula is C25H23N5O2S. The summed E-state index contributed by atoms with van der Waals surface area (Å²) in [6.45, 7) is 3.68. The van der Waals surface area contributed by atoms with Crippen LogP contribution in [0.3, 0.4) is 0 Å². The first-order valence-electron chi connectivity index (χ1n) is 10.9. The highest BCUT2D eigenvalue weighted by atomic mass is 32.1. The normalized spacial score (nSPS) is 13.8. The van der Waals surface area contributed by atoms with Crippen molar-refractivity contribution >= 4 is 38.5 Å². The molecule has 0 atom stereocenters. The standard InChI is InChI=1S/C25H23N5O2S/c1-15-27-19-4-2-17(11-20(19)28-15)16-3-5-23-18(10-16)13-29(7-8-32-23)25(31)22-12-24-21(6-9-33-24)30(22)14-26/h2-6,9-12H,7-8,13-14,26H2,1H3,(H,27,28). The minimum absolute atomic E-state index is 0.0277. The Labute approximate surface area is 194 Å². The molecule has 0 aliphatic carbocycles. The molecule has 0 spiro atoms. The maximum absolute atomic E-state index is 13.5. The molecule has 0 bridgehead atoms. The van der Waals surface area contributed by atoms with Crippen molar-refractivity contribution in [1.82, 2.24) is 19.4 Å². The molecular weight excluding hydrogens is 434 g/mol. The molecule has 1 amide bonds. The van der Waals surface area contributed by atoms with E-state index in [1.165, 1.54) is 0 Å². The molecule has 33 heavy (non-hydrogen) atoms. The van der Waals surface area contributed by atoms with Gasteiger partial charge in [0, 0.05) is 12.1 Å². The molecule has 8 heteroatoms. The fourth-order valence-corrected chi connectivity index (χ4v) is 5.40. The molecule has 1 aliphatic rings. The van der Waals surface area contributed by atoms with Crippen molar-refractivity contribution in [2.45, 2.75) is 20.1 Å². The van der Waals surface area contributed by atoms with E-state index in [1.54, 1.807) is 11.3 Å². The number of ether oxygens (including phenoxy) is 1. The predicted octanol–water partition coefficient (Wildman–Crippen LogP) is 4.51. The zero-order valence-corrected chi connectivity index (χ0v) is 19.0. The van der Waals surface area contributed by atoms with Crippen LogP contribution in [-0.4, -0.2) is 38.5 Å². The smallest absolute Gasteiger partial charge is 0.271 e. The fraction of sp³-hybridized carbons (Fsp3) is 0.200. The lowest BCUT2D eigenvalue weighted by Gasteiger charge is -2.21. The predicted molar refractivity (Wildman–Crippen MR) is 131 cm³/mol. The van der Waals surface area contributed by atoms with Crippen LogP contribution in [0.25, 0.3) is 32.4 Å². The summed E-state index contributed by atoms with van der Waals surface area (Å²) in [5.74, 6) is 1.69. The molecule has 4 heterocycles. The van der Waals surface area contributed by atoms with E-state index in [9.17, 15) is 4.79 Å². The van der Waals surface area contributed by atoms with Gasteiger partial charge in [0.15, 0.2) is 0 Å². The molecule has 166 valence electrons. The van der Waals surface area contributed by atoms with Crippen LogP contribution < -0.4 is 10.5 Å². The number of hydrogen-bond donors (Lipinski definition) is 2. The molecule has 6 rings (SSSR count). The summed E-state index contributed by atoms with van der Waals surface area (Å²) in [7, 11) is 0. The lowest BCUT2D eigenvalue weighted by Crippen LogP contribution is -2.34. The van der Waals surface area contributed by atoms with E-state index in [1.807, 2.05) is 46.0 Å². The average molecular weight is 458 g/mol. The highest BCUT2D eigenvalue weighted by molar-refractivity contribution is 7.17. The van der Waals surface area contributed by atoms with Gasteiger partial charge in [0.25, 0.3) is 5.91 Å². The number of fused-ring (bicyclic) bond motifs is 3. The number of nitrogens with two attached hydrogens (primary N) is 1. The minimum atomic E-state index is -0.0277. The first-order valence-corrected chi connectivity index (χ1v) is 11.8. The van der Waals surface area contributed by atoms with Crippen LogP contribution >= 0.6 is 11.3 Å². The number of H-pyrrole nitrogens is 1. The summed E-state index contributed by atoms with van der Waals surface area (Å²) in [4.78, 5) is 23.1. The SMILES string of the molecule is Cc1nc2ccc(-c3ccc4c(c3)CN(C(=O)c3cc5sccc5n3CN)CCO4)cc2[nH]1. The van der Waals surface area contributed by atoms with Crippen LogP contribution in [0, 0.1) is 6.92 Å². The van der Waals surface area contributed by atoms with Gasteiger partial charge in [-0.1, -0.05) is 12.1 Å². The number of aryl methyl sites for hydroxylation is 1. The lowest BCUT2D eigenvalue weighted by atomic mass is 10.0. The van der Waals surface area contributed by atoms with Crippen LogP contribution in [-0.2, 0) is 13.2 Å². The number of aromatic nitrogens is 3. The zero-order chi connectivity index (χ0) is 22.5. The zero-order valence-electron chi connectivity index (χ0n) is 18.2. The van der Waals surface area contributed by atoms with E-state index < -0.39 is 0 Å². The summed E-state index contributed by atoms with van der Waals surface area (Å²) in [6, 6.07) is 16.3. The van der Waals surface area contributed by atoms with Gasteiger partial charge in [-0.25, -0.2) is 4.98 Å². The molecule has 1 aliphatic heterocycles. The second-order valence-corrected chi connectivity index (χ2v) is 9.21. The third kappa shape index (κ3) is 3.39. The second kappa shape index (κ2) is 7.75. The monoisotopic (exact) mass is 457 g/mol. The number of aromatic amines is 1. The Kier molecular flexibility index (Phi) is 4.70. The average Bonchev–Trinajstić information content (AvgIpc) is 3.46. The number of carbonyl (C=O) groups is 1. The second-order valence-electron chi connectivity index (χ2n) is 8.26. The van der Waals surface area contributed by atoms with Crippen molar-refractivity contribution < 1.29 is 9.53 Å². The lowest BCUT2D eigenvalue weighted by molar-refractivity contribution is 0.0723. The minimum Gasteiger partial charge on any atom is -0.491 e. The van der Waals surface area contributed by atoms with Crippen molar-refractivity contribution in [2.75, 3.05) is 13.2 Å². The Morgan fingerprint density at radius 3 is 2.91 bits per heavy atom. The Balaban J connectivity index is 1.34. The van der Waals surface area contributed by atoms with Gasteiger partial charge in [0.1, 0.15) is 23.9 Å². The van der Waals surface area contributed by atoms with Gasteiger partial charge >= 0.3 is 0 Å². The third-order valence-corrected chi connectivity index (χ3v) is 7.04. The van der Waals surface area contributed by atoms with E-state index in [0.717, 1.165) is 49.5 Å². The van der Waals surface area contributed by atoms with Gasteiger partial charge in [-0.15, -0.1) is 11.3 Å². The Bertz CT molecular complexity index is 1510. The van der Waals surface area contributed by atoms with Gasteiger partial charge in [0.05, 0.1) is 34.5 Å². The van der Waals surface area contributed by atoms with Crippen molar-refractivity contribution in [3.05, 3.63) is 71.0 Å². The van der Waals surface area contributed by atoms with Crippen LogP contribution in [0.15, 0.2) is 53.9 Å². The Morgan fingerprint density at radius 1 is 1.18 bits per heavy atom. The summed E-state index contributed by atoms with van der Waals surface area (Å²) in [5, 5.41) is 2.02. The number of thiophene rings is 1. The van der Waals surface area contributed by atoms with E-state index in [0.29, 0.717) is 25.4 Å². The topological polar surface area (TPSA) is 89.2 Å². The van der Waals surface area contributed by atoms with Gasteiger partial charge in [0.2, 0.25) is 0 Å². The molecule has 2 aromatic carbocycles. The molecule has 3 N–H and O–H groups in total. The van der Waals surface area contributed by atoms with Gasteiger partial charge in [-0.3, -0.25) is 4.79 Å². The number of nitrogens with zero attached hydrogens (tertiary/aromatic N) is 3. The maximum atomic E-state index is 13.5. The number of carbonyl (C=O) groups excluding carboxylic acids is 1. The van der Waals surface area contributed by atoms with Crippen LogP contribution in [0.4, 0.5) is 0 Å². The van der Waals surface area contributed by atoms with E-state index in [2.05, 4.69) is 34.2 Å².